The van der Waals surface area contributed by atoms with E-state index in [0.717, 1.165) is 19.0 Å². The molecule has 1 aliphatic rings. The number of halogens is 2. The monoisotopic (exact) mass is 413 g/mol. The van der Waals surface area contributed by atoms with Crippen molar-refractivity contribution in [1.82, 2.24) is 14.8 Å². The highest BCUT2D eigenvalue weighted by Crippen LogP contribution is 2.27. The Bertz CT molecular complexity index is 813. The molecular weight excluding hydrogens is 393 g/mol. The third-order valence-electron chi connectivity index (χ3n) is 4.15. The van der Waals surface area contributed by atoms with Crippen LogP contribution in [0.15, 0.2) is 23.4 Å². The molecule has 1 atom stereocenters. The number of amides is 1. The minimum atomic E-state index is -0.524. The lowest BCUT2D eigenvalue weighted by molar-refractivity contribution is -0.115. The Morgan fingerprint density at radius 2 is 2.15 bits per heavy atom. The van der Waals surface area contributed by atoms with Gasteiger partial charge < -0.3 is 15.0 Å². The second-order valence-electron chi connectivity index (χ2n) is 6.00. The van der Waals surface area contributed by atoms with Crippen LogP contribution >= 0.6 is 23.4 Å². The Morgan fingerprint density at radius 1 is 1.41 bits per heavy atom. The van der Waals surface area contributed by atoms with Gasteiger partial charge in [0.2, 0.25) is 11.9 Å². The number of carbonyl (C=O) groups is 1. The van der Waals surface area contributed by atoms with Crippen molar-refractivity contribution in [2.75, 3.05) is 36.5 Å². The molecule has 10 heteroatoms. The maximum atomic E-state index is 13.2. The molecule has 1 aliphatic heterocycles. The first-order valence-electron chi connectivity index (χ1n) is 8.68. The van der Waals surface area contributed by atoms with Crippen molar-refractivity contribution >= 4 is 40.9 Å². The summed E-state index contributed by atoms with van der Waals surface area (Å²) in [5.41, 5.74) is 0.449. The van der Waals surface area contributed by atoms with Crippen LogP contribution in [0.25, 0.3) is 0 Å². The summed E-state index contributed by atoms with van der Waals surface area (Å²) >= 11 is 7.08. The lowest BCUT2D eigenvalue weighted by Gasteiger charge is -2.27. The van der Waals surface area contributed by atoms with Gasteiger partial charge in [0, 0.05) is 25.3 Å². The lowest BCUT2D eigenvalue weighted by Crippen LogP contribution is -2.38. The maximum absolute atomic E-state index is 13.2. The lowest BCUT2D eigenvalue weighted by atomic mass is 10.3. The van der Waals surface area contributed by atoms with Crippen molar-refractivity contribution in [3.63, 3.8) is 0 Å². The van der Waals surface area contributed by atoms with E-state index < -0.39 is 11.1 Å². The number of nitrogens with zero attached hydrogens (tertiary/aromatic N) is 4. The Balaban J connectivity index is 1.67. The van der Waals surface area contributed by atoms with Gasteiger partial charge in [-0.05, 0) is 32.0 Å². The maximum Gasteiger partial charge on any atom is 0.237 e. The minimum Gasteiger partial charge on any atom is -0.378 e. The summed E-state index contributed by atoms with van der Waals surface area (Å²) < 4.78 is 20.6. The van der Waals surface area contributed by atoms with E-state index in [-0.39, 0.29) is 10.9 Å². The molecule has 1 unspecified atom stereocenters. The molecule has 27 heavy (non-hydrogen) atoms. The molecule has 146 valence electrons. The normalized spacial score (nSPS) is 15.6. The summed E-state index contributed by atoms with van der Waals surface area (Å²) in [5.74, 6) is 0.0475. The number of hydrogen-bond acceptors (Lipinski definition) is 6. The average molecular weight is 414 g/mol. The second kappa shape index (κ2) is 8.90. The van der Waals surface area contributed by atoms with E-state index in [1.165, 1.54) is 30.0 Å². The summed E-state index contributed by atoms with van der Waals surface area (Å²) in [5, 5.41) is 11.5. The van der Waals surface area contributed by atoms with Gasteiger partial charge in [-0.15, -0.1) is 10.2 Å². The number of thioether (sulfide) groups is 1. The third kappa shape index (κ3) is 4.72. The van der Waals surface area contributed by atoms with Gasteiger partial charge in [0.05, 0.1) is 23.5 Å². The molecule has 0 spiro atoms. The molecule has 1 fully saturated rings. The number of benzene rings is 1. The van der Waals surface area contributed by atoms with Gasteiger partial charge in [-0.3, -0.25) is 9.36 Å². The van der Waals surface area contributed by atoms with Gasteiger partial charge in [-0.1, -0.05) is 23.4 Å². The smallest absolute Gasteiger partial charge is 0.237 e. The van der Waals surface area contributed by atoms with Crippen molar-refractivity contribution in [3.8, 4) is 0 Å². The number of hydrogen-bond donors (Lipinski definition) is 1. The molecule has 2 heterocycles. The van der Waals surface area contributed by atoms with Crippen molar-refractivity contribution < 1.29 is 13.9 Å². The first kappa shape index (κ1) is 19.9. The largest absolute Gasteiger partial charge is 0.378 e. The highest BCUT2D eigenvalue weighted by Gasteiger charge is 2.23. The van der Waals surface area contributed by atoms with E-state index in [1.54, 1.807) is 6.92 Å². The summed E-state index contributed by atoms with van der Waals surface area (Å²) in [6.07, 6.45) is 0. The molecular formula is C17H21ClFN5O2S. The predicted octanol–water partition coefficient (Wildman–Crippen LogP) is 3.05. The molecule has 0 aliphatic carbocycles. The molecule has 0 saturated carbocycles. The number of nitrogens with one attached hydrogen (secondary N) is 1. The van der Waals surface area contributed by atoms with Crippen molar-refractivity contribution in [3.05, 3.63) is 29.0 Å². The quantitative estimate of drug-likeness (QED) is 0.734. The summed E-state index contributed by atoms with van der Waals surface area (Å²) in [6.45, 7) is 7.37. The fraction of sp³-hybridized carbons (Fsp3) is 0.471. The van der Waals surface area contributed by atoms with Crippen LogP contribution in [0.4, 0.5) is 16.0 Å². The van der Waals surface area contributed by atoms with Crippen molar-refractivity contribution in [2.24, 2.45) is 0 Å². The molecule has 3 rings (SSSR count). The van der Waals surface area contributed by atoms with Crippen LogP contribution in [0.2, 0.25) is 5.02 Å². The highest BCUT2D eigenvalue weighted by atomic mass is 35.5. The van der Waals surface area contributed by atoms with E-state index in [1.807, 2.05) is 11.5 Å². The fourth-order valence-corrected chi connectivity index (χ4v) is 3.76. The van der Waals surface area contributed by atoms with E-state index in [9.17, 15) is 9.18 Å². The Hall–Kier alpha value is -1.84. The molecule has 1 aromatic carbocycles. The van der Waals surface area contributed by atoms with E-state index in [0.29, 0.717) is 30.6 Å². The zero-order valence-corrected chi connectivity index (χ0v) is 16.7. The van der Waals surface area contributed by atoms with Crippen LogP contribution < -0.4 is 10.2 Å². The Kier molecular flexibility index (Phi) is 6.56. The molecule has 7 nitrogen and oxygen atoms in total. The highest BCUT2D eigenvalue weighted by molar-refractivity contribution is 8.00. The zero-order chi connectivity index (χ0) is 19.4. The molecule has 1 aromatic heterocycles. The van der Waals surface area contributed by atoms with Crippen LogP contribution in [0.1, 0.15) is 13.8 Å². The number of morpholine rings is 1. The number of carbonyl (C=O) groups excluding carboxylic acids is 1. The second-order valence-corrected chi connectivity index (χ2v) is 7.72. The fourth-order valence-electron chi connectivity index (χ4n) is 2.67. The van der Waals surface area contributed by atoms with Crippen LogP contribution in [0.5, 0.6) is 0 Å². The first-order valence-corrected chi connectivity index (χ1v) is 9.93. The van der Waals surface area contributed by atoms with Gasteiger partial charge in [-0.25, -0.2) is 4.39 Å². The third-order valence-corrected chi connectivity index (χ3v) is 5.52. The summed E-state index contributed by atoms with van der Waals surface area (Å²) in [6, 6.07) is 4.08. The number of aromatic nitrogens is 3. The topological polar surface area (TPSA) is 72.3 Å². The van der Waals surface area contributed by atoms with Gasteiger partial charge in [-0.2, -0.15) is 0 Å². The molecule has 1 saturated heterocycles. The predicted molar refractivity (Wildman–Crippen MR) is 104 cm³/mol. The number of ether oxygens (including phenoxy) is 1. The summed E-state index contributed by atoms with van der Waals surface area (Å²) in [7, 11) is 0. The van der Waals surface area contributed by atoms with Crippen LogP contribution in [0, 0.1) is 5.82 Å². The number of rotatable bonds is 6. The first-order chi connectivity index (χ1) is 13.0. The number of anilines is 2. The van der Waals surface area contributed by atoms with Crippen LogP contribution in [-0.4, -0.2) is 52.2 Å². The van der Waals surface area contributed by atoms with Gasteiger partial charge in [0.1, 0.15) is 5.82 Å². The molecule has 1 N–H and O–H groups in total. The van der Waals surface area contributed by atoms with Crippen LogP contribution in [-0.2, 0) is 16.1 Å². The van der Waals surface area contributed by atoms with Crippen molar-refractivity contribution in [1.29, 1.82) is 0 Å². The van der Waals surface area contributed by atoms with E-state index >= 15 is 0 Å². The standard InChI is InChI=1S/C17H21ClFN5O2S/c1-3-24-16(23-6-8-26-9-7-23)21-22-17(24)27-11(2)15(25)20-12-4-5-14(19)13(18)10-12/h4-5,10-11H,3,6-9H2,1-2H3,(H,20,25). The molecule has 1 amide bonds. The van der Waals surface area contributed by atoms with Gasteiger partial charge >= 0.3 is 0 Å². The van der Waals surface area contributed by atoms with Crippen LogP contribution in [0.3, 0.4) is 0 Å². The average Bonchev–Trinajstić information content (AvgIpc) is 3.08. The van der Waals surface area contributed by atoms with E-state index in [2.05, 4.69) is 20.4 Å². The SMILES string of the molecule is CCn1c(SC(C)C(=O)Nc2ccc(F)c(Cl)c2)nnc1N1CCOCC1. The van der Waals surface area contributed by atoms with E-state index in [4.69, 9.17) is 16.3 Å². The molecule has 0 bridgehead atoms. The van der Waals surface area contributed by atoms with Crippen molar-refractivity contribution in [2.45, 2.75) is 30.8 Å². The Labute approximate surface area is 166 Å². The minimum absolute atomic E-state index is 0.0333. The molecule has 0 radical (unpaired) electrons. The Morgan fingerprint density at radius 3 is 2.81 bits per heavy atom. The molecule has 2 aromatic rings. The zero-order valence-electron chi connectivity index (χ0n) is 15.1. The van der Waals surface area contributed by atoms with Gasteiger partial charge in [0.15, 0.2) is 5.16 Å². The summed E-state index contributed by atoms with van der Waals surface area (Å²) in [4.78, 5) is 14.6. The van der Waals surface area contributed by atoms with Gasteiger partial charge in [0.25, 0.3) is 0 Å².